The fourth-order valence-corrected chi connectivity index (χ4v) is 7.05. The zero-order chi connectivity index (χ0) is 22.1. The topological polar surface area (TPSA) is 62.4 Å². The molecule has 2 aromatic rings. The first-order chi connectivity index (χ1) is 15.6. The van der Waals surface area contributed by atoms with Crippen molar-refractivity contribution in [2.75, 3.05) is 17.7 Å². The van der Waals surface area contributed by atoms with E-state index in [-0.39, 0.29) is 11.8 Å². The molecule has 2 heterocycles. The number of rotatable bonds is 6. The quantitative estimate of drug-likeness (QED) is 0.457. The number of hydrogen-bond donors (Lipinski definition) is 3. The maximum atomic E-state index is 14.0. The van der Waals surface area contributed by atoms with Crippen molar-refractivity contribution in [2.45, 2.75) is 69.5 Å². The fraction of sp³-hybridized carbons (Fsp3) is 0.560. The van der Waals surface area contributed by atoms with Crippen molar-refractivity contribution >= 4 is 40.2 Å². The Labute approximate surface area is 199 Å². The molecule has 1 aromatic heterocycles. The summed E-state index contributed by atoms with van der Waals surface area (Å²) in [5.74, 6) is 1.02. The molecule has 172 valence electrons. The highest BCUT2D eigenvalue weighted by Crippen LogP contribution is 2.51. The Hall–Kier alpha value is -1.92. The standard InChI is InChI=1S/C25H32ClN3O2S/c1-31-18-11-12-19-20(15-18)29-25(28-19,21-13-14-22(26)32-21)23(16-7-3-2-4-8-16)24(30)27-17-9-5-6-10-17/h11-17,23,28-29H,2-10H2,1H3,(H,27,30). The van der Waals surface area contributed by atoms with E-state index in [1.807, 2.05) is 24.3 Å². The molecule has 32 heavy (non-hydrogen) atoms. The molecular weight excluding hydrogens is 442 g/mol. The van der Waals surface area contributed by atoms with Gasteiger partial charge in [0.1, 0.15) is 5.75 Å². The van der Waals surface area contributed by atoms with Gasteiger partial charge < -0.3 is 20.7 Å². The molecule has 2 aliphatic carbocycles. The van der Waals surface area contributed by atoms with Gasteiger partial charge in [0, 0.05) is 12.1 Å². The highest BCUT2D eigenvalue weighted by Gasteiger charge is 2.53. The minimum Gasteiger partial charge on any atom is -0.497 e. The summed E-state index contributed by atoms with van der Waals surface area (Å²) < 4.78 is 6.20. The van der Waals surface area contributed by atoms with Gasteiger partial charge in [-0.05, 0) is 55.9 Å². The monoisotopic (exact) mass is 473 g/mol. The Morgan fingerprint density at radius 1 is 1.06 bits per heavy atom. The fourth-order valence-electron chi connectivity index (χ4n) is 5.87. The van der Waals surface area contributed by atoms with Crippen molar-refractivity contribution in [1.82, 2.24) is 5.32 Å². The van der Waals surface area contributed by atoms with Gasteiger partial charge >= 0.3 is 0 Å². The van der Waals surface area contributed by atoms with Crippen molar-refractivity contribution < 1.29 is 9.53 Å². The van der Waals surface area contributed by atoms with Gasteiger partial charge in [0.2, 0.25) is 5.91 Å². The SMILES string of the molecule is COc1ccc2c(c1)NC(c1ccc(Cl)s1)(C(C(=O)NC1CCCC1)C1CCCCC1)N2. The second kappa shape index (κ2) is 9.14. The molecule has 1 amide bonds. The largest absolute Gasteiger partial charge is 0.497 e. The third-order valence-corrected chi connectivity index (χ3v) is 8.79. The lowest BCUT2D eigenvalue weighted by atomic mass is 9.72. The summed E-state index contributed by atoms with van der Waals surface area (Å²) in [5, 5.41) is 10.9. The average Bonchev–Trinajstić information content (AvgIpc) is 3.54. The van der Waals surface area contributed by atoms with Crippen LogP contribution in [0.3, 0.4) is 0 Å². The minimum atomic E-state index is -0.725. The Balaban J connectivity index is 1.57. The van der Waals surface area contributed by atoms with Crippen LogP contribution in [0.2, 0.25) is 4.34 Å². The van der Waals surface area contributed by atoms with Crippen molar-refractivity contribution in [1.29, 1.82) is 0 Å². The zero-order valence-electron chi connectivity index (χ0n) is 18.6. The van der Waals surface area contributed by atoms with E-state index in [0.717, 1.165) is 52.0 Å². The Bertz CT molecular complexity index is 968. The molecule has 7 heteroatoms. The third-order valence-electron chi connectivity index (χ3n) is 7.42. The van der Waals surface area contributed by atoms with E-state index >= 15 is 0 Å². The predicted octanol–water partition coefficient (Wildman–Crippen LogP) is 6.36. The van der Waals surface area contributed by atoms with Crippen LogP contribution in [0.25, 0.3) is 0 Å². The highest BCUT2D eigenvalue weighted by atomic mass is 35.5. The second-order valence-electron chi connectivity index (χ2n) is 9.44. The molecule has 2 unspecified atom stereocenters. The van der Waals surface area contributed by atoms with Crippen LogP contribution in [0.15, 0.2) is 30.3 Å². The van der Waals surface area contributed by atoms with Gasteiger partial charge in [-0.15, -0.1) is 11.3 Å². The number of carbonyl (C=O) groups excluding carboxylic acids is 1. The summed E-state index contributed by atoms with van der Waals surface area (Å²) in [7, 11) is 1.68. The maximum Gasteiger partial charge on any atom is 0.228 e. The van der Waals surface area contributed by atoms with Crippen LogP contribution in [-0.4, -0.2) is 19.1 Å². The van der Waals surface area contributed by atoms with E-state index < -0.39 is 5.66 Å². The van der Waals surface area contributed by atoms with Gasteiger partial charge in [-0.3, -0.25) is 4.79 Å². The van der Waals surface area contributed by atoms with Crippen LogP contribution in [0.1, 0.15) is 62.7 Å². The second-order valence-corrected chi connectivity index (χ2v) is 11.2. The molecule has 0 bridgehead atoms. The normalized spacial score (nSPS) is 24.4. The summed E-state index contributed by atoms with van der Waals surface area (Å²) in [6.45, 7) is 0. The number of carbonyl (C=O) groups is 1. The summed E-state index contributed by atoms with van der Waals surface area (Å²) in [6.07, 6.45) is 10.3. The Kier molecular flexibility index (Phi) is 6.26. The average molecular weight is 474 g/mol. The van der Waals surface area contributed by atoms with Gasteiger partial charge in [-0.2, -0.15) is 0 Å². The number of halogens is 1. The molecule has 3 N–H and O–H groups in total. The highest BCUT2D eigenvalue weighted by molar-refractivity contribution is 7.16. The van der Waals surface area contributed by atoms with Crippen LogP contribution < -0.4 is 20.7 Å². The molecular formula is C25H32ClN3O2S. The molecule has 0 saturated heterocycles. The molecule has 2 fully saturated rings. The molecule has 0 radical (unpaired) electrons. The number of anilines is 2. The van der Waals surface area contributed by atoms with Crippen molar-refractivity contribution in [2.24, 2.45) is 11.8 Å². The number of methoxy groups -OCH3 is 1. The van der Waals surface area contributed by atoms with Crippen molar-refractivity contribution in [3.05, 3.63) is 39.5 Å². The van der Waals surface area contributed by atoms with E-state index in [9.17, 15) is 4.79 Å². The summed E-state index contributed by atoms with van der Waals surface area (Å²) in [6, 6.07) is 10.3. The number of nitrogens with one attached hydrogen (secondary N) is 3. The lowest BCUT2D eigenvalue weighted by molar-refractivity contribution is -0.130. The number of ether oxygens (including phenoxy) is 1. The number of amides is 1. The summed E-state index contributed by atoms with van der Waals surface area (Å²) in [4.78, 5) is 15.1. The van der Waals surface area contributed by atoms with Crippen LogP contribution in [0, 0.1) is 11.8 Å². The lowest BCUT2D eigenvalue weighted by Gasteiger charge is -2.42. The van der Waals surface area contributed by atoms with Gasteiger partial charge in [0.25, 0.3) is 0 Å². The molecule has 0 spiro atoms. The van der Waals surface area contributed by atoms with Crippen molar-refractivity contribution in [3.63, 3.8) is 0 Å². The number of benzene rings is 1. The molecule has 5 nitrogen and oxygen atoms in total. The summed E-state index contributed by atoms with van der Waals surface area (Å²) in [5.41, 5.74) is 1.23. The lowest BCUT2D eigenvalue weighted by Crippen LogP contribution is -2.56. The number of hydrogen-bond acceptors (Lipinski definition) is 5. The van der Waals surface area contributed by atoms with Gasteiger partial charge in [0.05, 0.1) is 33.6 Å². The van der Waals surface area contributed by atoms with E-state index in [1.54, 1.807) is 18.4 Å². The van der Waals surface area contributed by atoms with E-state index in [0.29, 0.717) is 12.0 Å². The van der Waals surface area contributed by atoms with E-state index in [2.05, 4.69) is 22.0 Å². The molecule has 2 saturated carbocycles. The molecule has 1 aliphatic heterocycles. The smallest absolute Gasteiger partial charge is 0.228 e. The van der Waals surface area contributed by atoms with E-state index in [1.165, 1.54) is 32.1 Å². The molecule has 5 rings (SSSR count). The molecule has 1 aromatic carbocycles. The van der Waals surface area contributed by atoms with Crippen molar-refractivity contribution in [3.8, 4) is 5.75 Å². The summed E-state index contributed by atoms with van der Waals surface area (Å²) >= 11 is 7.96. The molecule has 2 atom stereocenters. The van der Waals surface area contributed by atoms with Crippen LogP contribution >= 0.6 is 22.9 Å². The first kappa shape index (κ1) is 21.9. The Morgan fingerprint density at radius 2 is 1.78 bits per heavy atom. The minimum absolute atomic E-state index is 0.160. The number of thiophene rings is 1. The third kappa shape index (κ3) is 4.08. The zero-order valence-corrected chi connectivity index (χ0v) is 20.2. The first-order valence-corrected chi connectivity index (χ1v) is 13.1. The Morgan fingerprint density at radius 3 is 2.47 bits per heavy atom. The van der Waals surface area contributed by atoms with Crippen LogP contribution in [-0.2, 0) is 10.5 Å². The maximum absolute atomic E-state index is 14.0. The van der Waals surface area contributed by atoms with Gasteiger partial charge in [0.15, 0.2) is 5.66 Å². The van der Waals surface area contributed by atoms with Crippen LogP contribution in [0.4, 0.5) is 11.4 Å². The van der Waals surface area contributed by atoms with E-state index in [4.69, 9.17) is 16.3 Å². The van der Waals surface area contributed by atoms with Gasteiger partial charge in [-0.25, -0.2) is 0 Å². The number of fused-ring (bicyclic) bond motifs is 1. The van der Waals surface area contributed by atoms with Gasteiger partial charge in [-0.1, -0.05) is 43.7 Å². The predicted molar refractivity (Wildman–Crippen MR) is 132 cm³/mol. The molecule has 3 aliphatic rings. The first-order valence-electron chi connectivity index (χ1n) is 11.9. The van der Waals surface area contributed by atoms with Crippen LogP contribution in [0.5, 0.6) is 5.75 Å².